The third-order valence-corrected chi connectivity index (χ3v) is 5.15. The number of ether oxygens (including phenoxy) is 2. The maximum atomic E-state index is 11.3. The fourth-order valence-corrected chi connectivity index (χ4v) is 3.66. The van der Waals surface area contributed by atoms with Crippen molar-refractivity contribution in [3.05, 3.63) is 21.9 Å². The van der Waals surface area contributed by atoms with Crippen molar-refractivity contribution in [2.24, 2.45) is 0 Å². The molecule has 5 heteroatoms. The summed E-state index contributed by atoms with van der Waals surface area (Å²) in [5, 5.41) is 9.24. The number of aryl methyl sites for hydroxylation is 1. The van der Waals surface area contributed by atoms with Gasteiger partial charge in [0.05, 0.1) is 12.7 Å². The maximum absolute atomic E-state index is 11.3. The van der Waals surface area contributed by atoms with E-state index < -0.39 is 11.6 Å². The quantitative estimate of drug-likeness (QED) is 0.490. The Bertz CT molecular complexity index is 485. The van der Waals surface area contributed by atoms with Gasteiger partial charge in [-0.1, -0.05) is 19.8 Å². The Morgan fingerprint density at radius 3 is 2.73 bits per heavy atom. The molecule has 0 amide bonds. The molecule has 0 radical (unpaired) electrons. The first kappa shape index (κ1) is 17.4. The number of epoxide rings is 1. The van der Waals surface area contributed by atoms with Crippen LogP contribution in [0.15, 0.2) is 12.1 Å². The molecule has 2 rings (SSSR count). The van der Waals surface area contributed by atoms with E-state index >= 15 is 0 Å². The molecule has 2 atom stereocenters. The predicted molar refractivity (Wildman–Crippen MR) is 87.3 cm³/mol. The Labute approximate surface area is 136 Å². The van der Waals surface area contributed by atoms with E-state index in [-0.39, 0.29) is 6.10 Å². The van der Waals surface area contributed by atoms with Crippen molar-refractivity contribution in [1.82, 2.24) is 0 Å². The van der Waals surface area contributed by atoms with Crippen molar-refractivity contribution in [3.63, 3.8) is 0 Å². The van der Waals surface area contributed by atoms with Gasteiger partial charge >= 0.3 is 5.97 Å². The largest absolute Gasteiger partial charge is 0.479 e. The molecule has 2 unspecified atom stereocenters. The standard InChI is InChI=1S/C17H26O4S/c1-3-15-17(21-15,16(18)19)10-6-4-5-7-11-20-12-14-9-8-13(2)22-14/h8-9,15H,3-7,10-12H2,1-2H3,(H,18,19). The van der Waals surface area contributed by atoms with Crippen molar-refractivity contribution in [2.75, 3.05) is 6.61 Å². The molecule has 0 saturated carbocycles. The number of carbonyl (C=O) groups is 1. The minimum Gasteiger partial charge on any atom is -0.479 e. The molecule has 124 valence electrons. The summed E-state index contributed by atoms with van der Waals surface area (Å²) in [5.41, 5.74) is -0.873. The summed E-state index contributed by atoms with van der Waals surface area (Å²) in [7, 11) is 0. The zero-order valence-corrected chi connectivity index (χ0v) is 14.3. The van der Waals surface area contributed by atoms with Crippen LogP contribution < -0.4 is 0 Å². The maximum Gasteiger partial charge on any atom is 0.338 e. The van der Waals surface area contributed by atoms with Gasteiger partial charge in [0, 0.05) is 16.4 Å². The summed E-state index contributed by atoms with van der Waals surface area (Å²) in [5.74, 6) is -0.797. The molecule has 1 fully saturated rings. The lowest BCUT2D eigenvalue weighted by molar-refractivity contribution is -0.143. The van der Waals surface area contributed by atoms with Crippen LogP contribution in [-0.4, -0.2) is 29.4 Å². The van der Waals surface area contributed by atoms with Gasteiger partial charge in [0.1, 0.15) is 0 Å². The van der Waals surface area contributed by atoms with E-state index in [9.17, 15) is 9.90 Å². The van der Waals surface area contributed by atoms with Crippen LogP contribution in [0.2, 0.25) is 0 Å². The number of carboxylic acid groups (broad SMARTS) is 1. The van der Waals surface area contributed by atoms with Crippen LogP contribution in [0.5, 0.6) is 0 Å². The lowest BCUT2D eigenvalue weighted by Gasteiger charge is -2.07. The van der Waals surface area contributed by atoms with Crippen molar-refractivity contribution >= 4 is 17.3 Å². The van der Waals surface area contributed by atoms with E-state index in [1.165, 1.54) is 9.75 Å². The van der Waals surface area contributed by atoms with Crippen LogP contribution in [0.1, 0.15) is 55.2 Å². The lowest BCUT2D eigenvalue weighted by atomic mass is 9.96. The second-order valence-electron chi connectivity index (χ2n) is 5.94. The zero-order chi connectivity index (χ0) is 16.0. The first-order valence-corrected chi connectivity index (χ1v) is 8.94. The fourth-order valence-electron chi connectivity index (χ4n) is 2.83. The molecule has 22 heavy (non-hydrogen) atoms. The number of thiophene rings is 1. The van der Waals surface area contributed by atoms with Crippen molar-refractivity contribution in [3.8, 4) is 0 Å². The van der Waals surface area contributed by atoms with Crippen molar-refractivity contribution in [1.29, 1.82) is 0 Å². The Hall–Kier alpha value is -0.910. The SMILES string of the molecule is CCC1OC1(CCCCCCOCc1ccc(C)s1)C(=O)O. The summed E-state index contributed by atoms with van der Waals surface area (Å²) in [6, 6.07) is 4.23. The number of aliphatic carboxylic acids is 1. The molecular weight excluding hydrogens is 300 g/mol. The minimum atomic E-state index is -0.873. The number of hydrogen-bond acceptors (Lipinski definition) is 4. The topological polar surface area (TPSA) is 59.1 Å². The van der Waals surface area contributed by atoms with Crippen LogP contribution >= 0.6 is 11.3 Å². The molecule has 1 aromatic rings. The highest BCUT2D eigenvalue weighted by Gasteiger charge is 2.61. The Morgan fingerprint density at radius 1 is 1.36 bits per heavy atom. The van der Waals surface area contributed by atoms with Crippen molar-refractivity contribution in [2.45, 2.75) is 70.7 Å². The first-order valence-electron chi connectivity index (χ1n) is 8.12. The molecule has 1 N–H and O–H groups in total. The average Bonchev–Trinajstić information content (AvgIpc) is 3.08. The van der Waals surface area contributed by atoms with E-state index in [2.05, 4.69) is 19.1 Å². The molecule has 0 aromatic carbocycles. The number of hydrogen-bond donors (Lipinski definition) is 1. The molecule has 0 bridgehead atoms. The highest BCUT2D eigenvalue weighted by Crippen LogP contribution is 2.43. The van der Waals surface area contributed by atoms with Gasteiger partial charge in [-0.2, -0.15) is 0 Å². The first-order chi connectivity index (χ1) is 10.6. The molecule has 0 aliphatic carbocycles. The fraction of sp³-hybridized carbons (Fsp3) is 0.706. The molecule has 1 aliphatic heterocycles. The van der Waals surface area contributed by atoms with E-state index in [4.69, 9.17) is 9.47 Å². The monoisotopic (exact) mass is 326 g/mol. The van der Waals surface area contributed by atoms with Crippen LogP contribution in [-0.2, 0) is 20.9 Å². The van der Waals surface area contributed by atoms with Gasteiger partial charge in [0.15, 0.2) is 5.60 Å². The van der Waals surface area contributed by atoms with Gasteiger partial charge < -0.3 is 14.6 Å². The van der Waals surface area contributed by atoms with Crippen molar-refractivity contribution < 1.29 is 19.4 Å². The van der Waals surface area contributed by atoms with Gasteiger partial charge in [-0.15, -0.1) is 11.3 Å². The van der Waals surface area contributed by atoms with Gasteiger partial charge in [0.25, 0.3) is 0 Å². The van der Waals surface area contributed by atoms with E-state index in [0.29, 0.717) is 13.0 Å². The molecule has 1 saturated heterocycles. The van der Waals surface area contributed by atoms with Crippen LogP contribution in [0.4, 0.5) is 0 Å². The van der Waals surface area contributed by atoms with E-state index in [1.54, 1.807) is 11.3 Å². The summed E-state index contributed by atoms with van der Waals surface area (Å²) < 4.78 is 11.0. The Balaban J connectivity index is 1.49. The highest BCUT2D eigenvalue weighted by atomic mass is 32.1. The zero-order valence-electron chi connectivity index (χ0n) is 13.5. The highest BCUT2D eigenvalue weighted by molar-refractivity contribution is 7.11. The number of carboxylic acids is 1. The number of rotatable bonds is 11. The second kappa shape index (κ2) is 8.09. The molecule has 0 spiro atoms. The van der Waals surface area contributed by atoms with Gasteiger partial charge in [-0.25, -0.2) is 4.79 Å². The summed E-state index contributed by atoms with van der Waals surface area (Å²) >= 11 is 1.78. The predicted octanol–water partition coefficient (Wildman–Crippen LogP) is 4.16. The van der Waals surface area contributed by atoms with Crippen LogP contribution in [0.3, 0.4) is 0 Å². The second-order valence-corrected chi connectivity index (χ2v) is 7.31. The number of unbranched alkanes of at least 4 members (excludes halogenated alkanes) is 3. The third kappa shape index (κ3) is 4.54. The van der Waals surface area contributed by atoms with Crippen LogP contribution in [0.25, 0.3) is 0 Å². The molecule has 1 aromatic heterocycles. The summed E-state index contributed by atoms with van der Waals surface area (Å²) in [4.78, 5) is 13.8. The summed E-state index contributed by atoms with van der Waals surface area (Å²) in [6.07, 6.45) is 5.39. The Morgan fingerprint density at radius 2 is 2.14 bits per heavy atom. The normalized spacial score (nSPS) is 23.6. The van der Waals surface area contributed by atoms with E-state index in [0.717, 1.165) is 38.7 Å². The minimum absolute atomic E-state index is 0.0809. The smallest absolute Gasteiger partial charge is 0.338 e. The molecule has 1 aliphatic rings. The van der Waals surface area contributed by atoms with Crippen LogP contribution in [0, 0.1) is 6.92 Å². The Kier molecular flexibility index (Phi) is 6.41. The summed E-state index contributed by atoms with van der Waals surface area (Å²) in [6.45, 7) is 5.55. The van der Waals surface area contributed by atoms with Gasteiger partial charge in [-0.3, -0.25) is 0 Å². The van der Waals surface area contributed by atoms with E-state index in [1.807, 2.05) is 6.92 Å². The molecule has 2 heterocycles. The third-order valence-electron chi connectivity index (χ3n) is 4.18. The van der Waals surface area contributed by atoms with Gasteiger partial charge in [-0.05, 0) is 44.7 Å². The lowest BCUT2D eigenvalue weighted by Crippen LogP contribution is -2.26. The molecule has 4 nitrogen and oxygen atoms in total. The molecular formula is C17H26O4S. The van der Waals surface area contributed by atoms with Gasteiger partial charge in [0.2, 0.25) is 0 Å². The average molecular weight is 326 g/mol.